The lowest BCUT2D eigenvalue weighted by atomic mass is 9.97. The molecular formula is C16H22N2O. The number of carbonyl (C=O) groups is 1. The van der Waals surface area contributed by atoms with Crippen molar-refractivity contribution >= 4 is 11.6 Å². The molecule has 0 bridgehead atoms. The van der Waals surface area contributed by atoms with E-state index >= 15 is 0 Å². The van der Waals surface area contributed by atoms with Crippen LogP contribution in [0.5, 0.6) is 0 Å². The average Bonchev–Trinajstić information content (AvgIpc) is 2.66. The second kappa shape index (κ2) is 5.64. The van der Waals surface area contributed by atoms with Crippen LogP contribution in [-0.2, 0) is 4.79 Å². The van der Waals surface area contributed by atoms with Crippen molar-refractivity contribution in [2.45, 2.75) is 38.0 Å². The normalized spacial score (nSPS) is 22.5. The Hall–Kier alpha value is -1.51. The highest BCUT2D eigenvalue weighted by Crippen LogP contribution is 2.33. The minimum absolute atomic E-state index is 0.338. The van der Waals surface area contributed by atoms with E-state index in [0.29, 0.717) is 18.2 Å². The highest BCUT2D eigenvalue weighted by molar-refractivity contribution is 5.78. The lowest BCUT2D eigenvalue weighted by Crippen LogP contribution is -2.33. The van der Waals surface area contributed by atoms with Crippen LogP contribution in [0.15, 0.2) is 24.3 Å². The number of likely N-dealkylation sites (tertiary alicyclic amines) is 1. The molecule has 19 heavy (non-hydrogen) atoms. The number of carbonyl (C=O) groups excluding carboxylic acids is 1. The van der Waals surface area contributed by atoms with E-state index in [2.05, 4.69) is 28.4 Å². The van der Waals surface area contributed by atoms with Crippen molar-refractivity contribution in [3.8, 4) is 0 Å². The van der Waals surface area contributed by atoms with E-state index in [1.165, 1.54) is 36.9 Å². The molecule has 1 saturated heterocycles. The number of nitrogens with zero attached hydrogens (tertiary/aromatic N) is 1. The summed E-state index contributed by atoms with van der Waals surface area (Å²) in [6.45, 7) is 2.82. The van der Waals surface area contributed by atoms with Gasteiger partial charge in [0.2, 0.25) is 5.91 Å². The van der Waals surface area contributed by atoms with Crippen molar-refractivity contribution in [2.24, 2.45) is 0 Å². The number of anilines is 1. The van der Waals surface area contributed by atoms with Crippen molar-refractivity contribution in [1.29, 1.82) is 0 Å². The van der Waals surface area contributed by atoms with Gasteiger partial charge in [-0.15, -0.1) is 0 Å². The summed E-state index contributed by atoms with van der Waals surface area (Å²) in [5.74, 6) is 0.692. The first-order valence-corrected chi connectivity index (χ1v) is 7.45. The molecule has 2 heterocycles. The van der Waals surface area contributed by atoms with E-state index in [1.807, 2.05) is 6.07 Å². The van der Waals surface area contributed by atoms with Gasteiger partial charge >= 0.3 is 0 Å². The van der Waals surface area contributed by atoms with Crippen LogP contribution < -0.4 is 5.32 Å². The number of rotatable bonds is 2. The summed E-state index contributed by atoms with van der Waals surface area (Å²) in [6, 6.07) is 8.36. The van der Waals surface area contributed by atoms with Gasteiger partial charge in [-0.3, -0.25) is 4.79 Å². The second-order valence-electron chi connectivity index (χ2n) is 5.66. The monoisotopic (exact) mass is 258 g/mol. The van der Waals surface area contributed by atoms with Gasteiger partial charge in [-0.1, -0.05) is 31.0 Å². The number of hydrogen-bond acceptors (Lipinski definition) is 2. The Kier molecular flexibility index (Phi) is 3.72. The molecule has 0 aliphatic carbocycles. The number of hydrogen-bond donors (Lipinski definition) is 1. The molecular weight excluding hydrogens is 236 g/mol. The van der Waals surface area contributed by atoms with E-state index in [4.69, 9.17) is 0 Å². The Morgan fingerprint density at radius 1 is 1.16 bits per heavy atom. The molecule has 1 fully saturated rings. The third-order valence-electron chi connectivity index (χ3n) is 4.32. The fourth-order valence-corrected chi connectivity index (χ4v) is 3.20. The van der Waals surface area contributed by atoms with Crippen LogP contribution >= 0.6 is 0 Å². The molecule has 102 valence electrons. The van der Waals surface area contributed by atoms with Gasteiger partial charge in [-0.25, -0.2) is 0 Å². The molecule has 1 atom stereocenters. The first kappa shape index (κ1) is 12.5. The van der Waals surface area contributed by atoms with E-state index < -0.39 is 0 Å². The summed E-state index contributed by atoms with van der Waals surface area (Å²) >= 11 is 0. The Balaban J connectivity index is 1.64. The maximum Gasteiger partial charge on any atom is 0.223 e. The van der Waals surface area contributed by atoms with Gasteiger partial charge < -0.3 is 10.2 Å². The van der Waals surface area contributed by atoms with Gasteiger partial charge in [-0.2, -0.15) is 0 Å². The van der Waals surface area contributed by atoms with Gasteiger partial charge in [0.15, 0.2) is 0 Å². The summed E-state index contributed by atoms with van der Waals surface area (Å²) in [7, 11) is 0. The Bertz CT molecular complexity index is 450. The minimum atomic E-state index is 0.338. The van der Waals surface area contributed by atoms with E-state index in [1.54, 1.807) is 0 Å². The standard InChI is InChI=1S/C16H22N2O/c19-16(18-9-5-1-2-6-10-18)11-13-12-17-15-8-4-3-7-14(13)15/h3-4,7-8,13,17H,1-2,5-6,9-12H2. The third kappa shape index (κ3) is 2.75. The molecule has 3 heteroatoms. The molecule has 1 unspecified atom stereocenters. The predicted octanol–water partition coefficient (Wildman–Crippen LogP) is 2.99. The summed E-state index contributed by atoms with van der Waals surface area (Å²) in [6.07, 6.45) is 5.55. The van der Waals surface area contributed by atoms with Crippen molar-refractivity contribution in [3.05, 3.63) is 29.8 Å². The number of para-hydroxylation sites is 1. The smallest absolute Gasteiger partial charge is 0.223 e. The highest BCUT2D eigenvalue weighted by atomic mass is 16.2. The number of amides is 1. The zero-order chi connectivity index (χ0) is 13.1. The summed E-state index contributed by atoms with van der Waals surface area (Å²) in [4.78, 5) is 14.5. The molecule has 3 rings (SSSR count). The molecule has 3 nitrogen and oxygen atoms in total. The van der Waals surface area contributed by atoms with Crippen molar-refractivity contribution in [3.63, 3.8) is 0 Å². The van der Waals surface area contributed by atoms with Gasteiger partial charge in [0, 0.05) is 37.7 Å². The SMILES string of the molecule is O=C(CC1CNc2ccccc21)N1CCCCCC1. The van der Waals surface area contributed by atoms with Crippen LogP contribution in [0.4, 0.5) is 5.69 Å². The van der Waals surface area contributed by atoms with Crippen LogP contribution in [-0.4, -0.2) is 30.4 Å². The largest absolute Gasteiger partial charge is 0.384 e. The topological polar surface area (TPSA) is 32.3 Å². The van der Waals surface area contributed by atoms with E-state index in [-0.39, 0.29) is 0 Å². The molecule has 1 aromatic rings. The van der Waals surface area contributed by atoms with Gasteiger partial charge in [0.25, 0.3) is 0 Å². The van der Waals surface area contributed by atoms with Crippen LogP contribution in [0.3, 0.4) is 0 Å². The van der Waals surface area contributed by atoms with Crippen molar-refractivity contribution in [2.75, 3.05) is 25.0 Å². The third-order valence-corrected chi connectivity index (χ3v) is 4.32. The summed E-state index contributed by atoms with van der Waals surface area (Å²) < 4.78 is 0. The van der Waals surface area contributed by atoms with Crippen molar-refractivity contribution < 1.29 is 4.79 Å². The van der Waals surface area contributed by atoms with E-state index in [0.717, 1.165) is 19.6 Å². The number of nitrogens with one attached hydrogen (secondary N) is 1. The van der Waals surface area contributed by atoms with Gasteiger partial charge in [0.1, 0.15) is 0 Å². The number of benzene rings is 1. The Labute approximate surface area is 115 Å². The van der Waals surface area contributed by atoms with Gasteiger partial charge in [0.05, 0.1) is 0 Å². The molecule has 0 radical (unpaired) electrons. The summed E-state index contributed by atoms with van der Waals surface area (Å²) in [5.41, 5.74) is 2.52. The Morgan fingerprint density at radius 2 is 1.89 bits per heavy atom. The van der Waals surface area contributed by atoms with Crippen molar-refractivity contribution in [1.82, 2.24) is 4.90 Å². The first-order valence-electron chi connectivity index (χ1n) is 7.45. The molecule has 2 aliphatic heterocycles. The maximum absolute atomic E-state index is 12.4. The zero-order valence-corrected chi connectivity index (χ0v) is 11.4. The highest BCUT2D eigenvalue weighted by Gasteiger charge is 2.26. The maximum atomic E-state index is 12.4. The minimum Gasteiger partial charge on any atom is -0.384 e. The van der Waals surface area contributed by atoms with Gasteiger partial charge in [-0.05, 0) is 24.5 Å². The molecule has 1 aromatic carbocycles. The molecule has 0 saturated carbocycles. The molecule has 0 aromatic heterocycles. The molecule has 2 aliphatic rings. The predicted molar refractivity (Wildman–Crippen MR) is 77.3 cm³/mol. The molecule has 0 spiro atoms. The lowest BCUT2D eigenvalue weighted by Gasteiger charge is -2.22. The first-order chi connectivity index (χ1) is 9.34. The Morgan fingerprint density at radius 3 is 2.68 bits per heavy atom. The number of fused-ring (bicyclic) bond motifs is 1. The van der Waals surface area contributed by atoms with E-state index in [9.17, 15) is 4.79 Å². The van der Waals surface area contributed by atoms with Crippen LogP contribution in [0.1, 0.15) is 43.6 Å². The summed E-state index contributed by atoms with van der Waals surface area (Å²) in [5, 5.41) is 3.40. The quantitative estimate of drug-likeness (QED) is 0.884. The fourth-order valence-electron chi connectivity index (χ4n) is 3.20. The molecule has 1 amide bonds. The lowest BCUT2D eigenvalue weighted by molar-refractivity contribution is -0.131. The van der Waals surface area contributed by atoms with Crippen LogP contribution in [0, 0.1) is 0 Å². The zero-order valence-electron chi connectivity index (χ0n) is 11.4. The molecule has 1 N–H and O–H groups in total. The van der Waals surface area contributed by atoms with Crippen LogP contribution in [0.25, 0.3) is 0 Å². The fraction of sp³-hybridized carbons (Fsp3) is 0.562. The second-order valence-corrected chi connectivity index (χ2v) is 5.66. The average molecular weight is 258 g/mol. The van der Waals surface area contributed by atoms with Crippen LogP contribution in [0.2, 0.25) is 0 Å².